The molecule has 1 saturated heterocycles. The Morgan fingerprint density at radius 3 is 1.97 bits per heavy atom. The molecular weight excluding hydrogens is 430 g/mol. The van der Waals surface area contributed by atoms with E-state index >= 15 is 0 Å². The molecule has 3 rings (SSSR count). The summed E-state index contributed by atoms with van der Waals surface area (Å²) in [4.78, 5) is 28.4. The number of methoxy groups -OCH3 is 2. The monoisotopic (exact) mass is 467 g/mol. The number of carbonyl (C=O) groups is 2. The van der Waals surface area contributed by atoms with Crippen molar-refractivity contribution in [2.45, 2.75) is 45.2 Å². The van der Waals surface area contributed by atoms with E-state index in [1.165, 1.54) is 6.42 Å². The first-order valence-electron chi connectivity index (χ1n) is 12.0. The van der Waals surface area contributed by atoms with Gasteiger partial charge in [-0.3, -0.25) is 14.5 Å². The number of benzene rings is 2. The third-order valence-corrected chi connectivity index (χ3v) is 6.39. The molecule has 1 heterocycles. The molecule has 0 aliphatic carbocycles. The number of likely N-dealkylation sites (tertiary alicyclic amines) is 1. The Bertz CT molecular complexity index is 922. The Balaban J connectivity index is 1.68. The van der Waals surface area contributed by atoms with E-state index in [2.05, 4.69) is 27.7 Å². The van der Waals surface area contributed by atoms with E-state index in [0.717, 1.165) is 37.2 Å². The summed E-state index contributed by atoms with van der Waals surface area (Å²) < 4.78 is 10.5. The number of hydrogen-bond acceptors (Lipinski definition) is 5. The molecule has 0 bridgehead atoms. The Kier molecular flexibility index (Phi) is 9.33. The van der Waals surface area contributed by atoms with Crippen LogP contribution in [0.2, 0.25) is 0 Å². The molecule has 2 amide bonds. The first-order valence-corrected chi connectivity index (χ1v) is 12.0. The van der Waals surface area contributed by atoms with E-state index in [4.69, 9.17) is 9.47 Å². The Morgan fingerprint density at radius 2 is 1.44 bits per heavy atom. The maximum atomic E-state index is 13.2. The second-order valence-corrected chi connectivity index (χ2v) is 9.05. The van der Waals surface area contributed by atoms with Gasteiger partial charge < -0.3 is 20.1 Å². The third kappa shape index (κ3) is 6.73. The van der Waals surface area contributed by atoms with Gasteiger partial charge in [0.1, 0.15) is 17.5 Å². The number of rotatable bonds is 10. The van der Waals surface area contributed by atoms with Gasteiger partial charge in [-0.05, 0) is 73.8 Å². The first kappa shape index (κ1) is 25.6. The molecule has 1 aliphatic heterocycles. The Labute approximate surface area is 202 Å². The molecule has 7 nitrogen and oxygen atoms in total. The normalized spacial score (nSPS) is 15.9. The van der Waals surface area contributed by atoms with Gasteiger partial charge in [-0.25, -0.2) is 0 Å². The molecule has 0 spiro atoms. The van der Waals surface area contributed by atoms with E-state index in [9.17, 15) is 9.59 Å². The summed E-state index contributed by atoms with van der Waals surface area (Å²) in [5.74, 6) is 0.978. The number of piperidine rings is 1. The smallest absolute Gasteiger partial charge is 0.251 e. The minimum absolute atomic E-state index is 0.0587. The molecule has 0 unspecified atom stereocenters. The van der Waals surface area contributed by atoms with Crippen molar-refractivity contribution in [2.24, 2.45) is 5.92 Å². The molecule has 34 heavy (non-hydrogen) atoms. The molecular formula is C27H37N3O4. The van der Waals surface area contributed by atoms with Crippen molar-refractivity contribution in [3.63, 3.8) is 0 Å². The minimum Gasteiger partial charge on any atom is -0.497 e. The molecule has 0 saturated carbocycles. The maximum Gasteiger partial charge on any atom is 0.251 e. The van der Waals surface area contributed by atoms with Gasteiger partial charge in [0.25, 0.3) is 5.91 Å². The van der Waals surface area contributed by atoms with Crippen molar-refractivity contribution < 1.29 is 19.1 Å². The predicted octanol–water partition coefficient (Wildman–Crippen LogP) is 3.80. The molecule has 2 aromatic rings. The van der Waals surface area contributed by atoms with Gasteiger partial charge in [0.05, 0.1) is 20.3 Å². The van der Waals surface area contributed by atoms with Gasteiger partial charge >= 0.3 is 0 Å². The lowest BCUT2D eigenvalue weighted by molar-refractivity contribution is -0.124. The largest absolute Gasteiger partial charge is 0.497 e. The summed E-state index contributed by atoms with van der Waals surface area (Å²) in [6.07, 6.45) is 3.56. The quantitative estimate of drug-likeness (QED) is 0.556. The van der Waals surface area contributed by atoms with E-state index in [1.54, 1.807) is 38.5 Å². The van der Waals surface area contributed by atoms with Gasteiger partial charge in [0.15, 0.2) is 0 Å². The standard InChI is InChI=1S/C27H37N3O4/c1-19(2)25(29-26(31)21-10-14-23(34-4)15-11-21)27(32)28-18-24(30-16-6-5-7-17-30)20-8-12-22(33-3)13-9-20/h8-15,19,24-25H,5-7,16-18H2,1-4H3,(H,28,32)(H,29,31)/t24-,25+/m1/s1. The van der Waals surface area contributed by atoms with Crippen LogP contribution in [0.4, 0.5) is 0 Å². The third-order valence-electron chi connectivity index (χ3n) is 6.39. The lowest BCUT2D eigenvalue weighted by Gasteiger charge is -2.35. The lowest BCUT2D eigenvalue weighted by atomic mass is 10.00. The average molecular weight is 468 g/mol. The zero-order chi connectivity index (χ0) is 24.5. The van der Waals surface area contributed by atoms with Gasteiger partial charge in [-0.2, -0.15) is 0 Å². The molecule has 2 N–H and O–H groups in total. The molecule has 7 heteroatoms. The second kappa shape index (κ2) is 12.4. The Morgan fingerprint density at radius 1 is 0.882 bits per heavy atom. The molecule has 2 aromatic carbocycles. The van der Waals surface area contributed by atoms with E-state index in [1.807, 2.05) is 26.0 Å². The number of nitrogens with zero attached hydrogens (tertiary/aromatic N) is 1. The molecule has 0 radical (unpaired) electrons. The van der Waals surface area contributed by atoms with E-state index < -0.39 is 6.04 Å². The van der Waals surface area contributed by atoms with E-state index in [-0.39, 0.29) is 23.8 Å². The fourth-order valence-electron chi connectivity index (χ4n) is 4.32. The highest BCUT2D eigenvalue weighted by atomic mass is 16.5. The van der Waals surface area contributed by atoms with Gasteiger partial charge in [-0.1, -0.05) is 32.4 Å². The highest BCUT2D eigenvalue weighted by molar-refractivity contribution is 5.97. The first-order chi connectivity index (χ1) is 16.4. The fraction of sp³-hybridized carbons (Fsp3) is 0.481. The number of ether oxygens (including phenoxy) is 2. The van der Waals surface area contributed by atoms with Crippen LogP contribution < -0.4 is 20.1 Å². The van der Waals surface area contributed by atoms with Gasteiger partial charge in [0, 0.05) is 12.1 Å². The molecule has 184 valence electrons. The van der Waals surface area contributed by atoms with Crippen molar-refractivity contribution in [2.75, 3.05) is 33.9 Å². The zero-order valence-electron chi connectivity index (χ0n) is 20.7. The Hall–Kier alpha value is -3.06. The zero-order valence-corrected chi connectivity index (χ0v) is 20.7. The van der Waals surface area contributed by atoms with Crippen LogP contribution in [0.3, 0.4) is 0 Å². The highest BCUT2D eigenvalue weighted by Crippen LogP contribution is 2.26. The minimum atomic E-state index is -0.632. The van der Waals surface area contributed by atoms with Gasteiger partial charge in [-0.15, -0.1) is 0 Å². The summed E-state index contributed by atoms with van der Waals surface area (Å²) in [6, 6.07) is 14.3. The second-order valence-electron chi connectivity index (χ2n) is 9.05. The van der Waals surface area contributed by atoms with Gasteiger partial charge in [0.2, 0.25) is 5.91 Å². The van der Waals surface area contributed by atoms with Crippen LogP contribution in [0.1, 0.15) is 55.1 Å². The summed E-state index contributed by atoms with van der Waals surface area (Å²) in [5, 5.41) is 6.02. The van der Waals surface area contributed by atoms with Crippen LogP contribution in [-0.4, -0.2) is 56.6 Å². The number of amides is 2. The molecule has 2 atom stereocenters. The summed E-state index contributed by atoms with van der Waals surface area (Å²) >= 11 is 0. The van der Waals surface area contributed by atoms with Crippen molar-refractivity contribution in [1.82, 2.24) is 15.5 Å². The van der Waals surface area contributed by atoms with Crippen molar-refractivity contribution in [3.05, 3.63) is 59.7 Å². The molecule has 0 aromatic heterocycles. The number of hydrogen-bond donors (Lipinski definition) is 2. The molecule has 1 aliphatic rings. The SMILES string of the molecule is COc1ccc(C(=O)N[C@H](C(=O)NC[C@H](c2ccc(OC)cc2)N2CCCCC2)C(C)C)cc1. The van der Waals surface area contributed by atoms with Crippen LogP contribution in [0.5, 0.6) is 11.5 Å². The van der Waals surface area contributed by atoms with Crippen molar-refractivity contribution >= 4 is 11.8 Å². The fourth-order valence-corrected chi connectivity index (χ4v) is 4.32. The number of nitrogens with one attached hydrogen (secondary N) is 2. The van der Waals surface area contributed by atoms with Crippen LogP contribution in [-0.2, 0) is 4.79 Å². The maximum absolute atomic E-state index is 13.2. The van der Waals surface area contributed by atoms with Crippen LogP contribution in [0.25, 0.3) is 0 Å². The predicted molar refractivity (Wildman–Crippen MR) is 133 cm³/mol. The van der Waals surface area contributed by atoms with Crippen LogP contribution in [0, 0.1) is 5.92 Å². The molecule has 1 fully saturated rings. The van der Waals surface area contributed by atoms with Crippen molar-refractivity contribution in [3.8, 4) is 11.5 Å². The van der Waals surface area contributed by atoms with E-state index in [0.29, 0.717) is 17.9 Å². The van der Waals surface area contributed by atoms with Crippen LogP contribution >= 0.6 is 0 Å². The summed E-state index contributed by atoms with van der Waals surface area (Å²) in [6.45, 7) is 6.36. The average Bonchev–Trinajstić information content (AvgIpc) is 2.88. The lowest BCUT2D eigenvalue weighted by Crippen LogP contribution is -2.51. The van der Waals surface area contributed by atoms with Crippen molar-refractivity contribution in [1.29, 1.82) is 0 Å². The topological polar surface area (TPSA) is 79.9 Å². The summed E-state index contributed by atoms with van der Waals surface area (Å²) in [7, 11) is 3.24. The van der Waals surface area contributed by atoms with Crippen LogP contribution in [0.15, 0.2) is 48.5 Å². The summed E-state index contributed by atoms with van der Waals surface area (Å²) in [5.41, 5.74) is 1.63. The number of carbonyl (C=O) groups excluding carboxylic acids is 2. The highest BCUT2D eigenvalue weighted by Gasteiger charge is 2.27.